The van der Waals surface area contributed by atoms with Crippen molar-refractivity contribution in [2.75, 3.05) is 0 Å². The topological polar surface area (TPSA) is 50.2 Å². The summed E-state index contributed by atoms with van der Waals surface area (Å²) in [7, 11) is 0. The van der Waals surface area contributed by atoms with Crippen LogP contribution in [0.4, 0.5) is 13.2 Å². The third-order valence-corrected chi connectivity index (χ3v) is 4.02. The fraction of sp³-hybridized carbons (Fsp3) is 0.286. The number of hydrogen-bond acceptors (Lipinski definition) is 3. The number of nitrogens with zero attached hydrogens (tertiary/aromatic N) is 1. The van der Waals surface area contributed by atoms with Crippen molar-refractivity contribution in [1.82, 2.24) is 4.98 Å². The van der Waals surface area contributed by atoms with Crippen molar-refractivity contribution in [3.8, 4) is 10.6 Å². The average molecular weight is 315 g/mol. The number of carbonyl (C=O) groups is 1. The van der Waals surface area contributed by atoms with Crippen molar-refractivity contribution in [2.24, 2.45) is 0 Å². The number of aliphatic carboxylic acids is 1. The van der Waals surface area contributed by atoms with Crippen LogP contribution in [-0.2, 0) is 16.4 Å². The van der Waals surface area contributed by atoms with E-state index in [2.05, 4.69) is 4.98 Å². The second-order valence-electron chi connectivity index (χ2n) is 5.01. The van der Waals surface area contributed by atoms with Crippen LogP contribution in [0.1, 0.15) is 25.1 Å². The molecule has 0 saturated carbocycles. The zero-order valence-corrected chi connectivity index (χ0v) is 12.0. The smallest absolute Gasteiger partial charge is 0.417 e. The Bertz CT molecular complexity index is 677. The molecule has 0 radical (unpaired) electrons. The third-order valence-electron chi connectivity index (χ3n) is 3.14. The minimum absolute atomic E-state index is 0.0394. The second-order valence-corrected chi connectivity index (χ2v) is 5.87. The summed E-state index contributed by atoms with van der Waals surface area (Å²) < 4.78 is 39.0. The van der Waals surface area contributed by atoms with E-state index in [1.807, 2.05) is 0 Å². The minimum atomic E-state index is -4.48. The molecule has 2 aromatic rings. The largest absolute Gasteiger partial charge is 0.481 e. The molecule has 1 heterocycles. The molecule has 3 nitrogen and oxygen atoms in total. The fourth-order valence-electron chi connectivity index (χ4n) is 1.71. The highest BCUT2D eigenvalue weighted by molar-refractivity contribution is 7.13. The Balaban J connectivity index is 2.51. The minimum Gasteiger partial charge on any atom is -0.481 e. The third kappa shape index (κ3) is 2.92. The molecule has 0 spiro atoms. The summed E-state index contributed by atoms with van der Waals surface area (Å²) >= 11 is 1.00. The van der Waals surface area contributed by atoms with Crippen molar-refractivity contribution < 1.29 is 23.1 Å². The van der Waals surface area contributed by atoms with Gasteiger partial charge in [0, 0.05) is 10.9 Å². The number of halogens is 3. The first-order chi connectivity index (χ1) is 9.64. The number of thiazole rings is 1. The number of aromatic nitrogens is 1. The Morgan fingerprint density at radius 3 is 2.43 bits per heavy atom. The van der Waals surface area contributed by atoms with Crippen LogP contribution >= 0.6 is 11.3 Å². The molecule has 0 atom stereocenters. The van der Waals surface area contributed by atoms with E-state index in [1.165, 1.54) is 37.4 Å². The van der Waals surface area contributed by atoms with Gasteiger partial charge in [0.2, 0.25) is 0 Å². The predicted octanol–water partition coefficient (Wildman–Crippen LogP) is 4.19. The first-order valence-corrected chi connectivity index (χ1v) is 6.88. The molecule has 21 heavy (non-hydrogen) atoms. The molecule has 0 unspecified atom stereocenters. The maximum atomic E-state index is 13.0. The number of rotatable bonds is 3. The van der Waals surface area contributed by atoms with E-state index in [4.69, 9.17) is 5.11 Å². The number of hydrogen-bond donors (Lipinski definition) is 1. The molecule has 0 aliphatic heterocycles. The number of carboxylic acids is 1. The van der Waals surface area contributed by atoms with E-state index in [0.717, 1.165) is 17.4 Å². The maximum Gasteiger partial charge on any atom is 0.417 e. The quantitative estimate of drug-likeness (QED) is 0.924. The molecule has 1 aromatic carbocycles. The van der Waals surface area contributed by atoms with Gasteiger partial charge >= 0.3 is 12.1 Å². The number of carboxylic acid groups (broad SMARTS) is 1. The first kappa shape index (κ1) is 15.5. The molecule has 1 N–H and O–H groups in total. The standard InChI is InChI=1S/C14H12F3NO2S/c1-13(2,12(19)20)10-7-21-11(18-10)8-5-3-4-6-9(8)14(15,16)17/h3-7H,1-2H3,(H,19,20). The van der Waals surface area contributed by atoms with Gasteiger partial charge in [0.25, 0.3) is 0 Å². The van der Waals surface area contributed by atoms with E-state index < -0.39 is 23.1 Å². The molecular weight excluding hydrogens is 303 g/mol. The highest BCUT2D eigenvalue weighted by Crippen LogP contribution is 2.39. The van der Waals surface area contributed by atoms with Gasteiger partial charge in [0.15, 0.2) is 0 Å². The Labute approximate surface area is 123 Å². The van der Waals surface area contributed by atoms with Gasteiger partial charge < -0.3 is 5.11 Å². The molecule has 7 heteroatoms. The highest BCUT2D eigenvalue weighted by Gasteiger charge is 2.36. The summed E-state index contributed by atoms with van der Waals surface area (Å²) in [5.74, 6) is -1.08. The van der Waals surface area contributed by atoms with E-state index in [9.17, 15) is 18.0 Å². The van der Waals surface area contributed by atoms with Crippen molar-refractivity contribution in [3.63, 3.8) is 0 Å². The summed E-state index contributed by atoms with van der Waals surface area (Å²) in [5, 5.41) is 10.8. The van der Waals surface area contributed by atoms with Gasteiger partial charge in [-0.2, -0.15) is 13.2 Å². The van der Waals surface area contributed by atoms with Gasteiger partial charge in [-0.25, -0.2) is 4.98 Å². The van der Waals surface area contributed by atoms with Crippen LogP contribution in [0.2, 0.25) is 0 Å². The monoisotopic (exact) mass is 315 g/mol. The molecule has 0 aliphatic rings. The van der Waals surface area contributed by atoms with Crippen LogP contribution < -0.4 is 0 Å². The maximum absolute atomic E-state index is 13.0. The molecule has 0 fully saturated rings. The molecule has 1 aromatic heterocycles. The lowest BCUT2D eigenvalue weighted by Gasteiger charge is -2.16. The van der Waals surface area contributed by atoms with Crippen LogP contribution in [0.25, 0.3) is 10.6 Å². The lowest BCUT2D eigenvalue weighted by molar-refractivity contribution is -0.142. The van der Waals surface area contributed by atoms with Crippen molar-refractivity contribution in [1.29, 1.82) is 0 Å². The first-order valence-electron chi connectivity index (χ1n) is 6.00. The van der Waals surface area contributed by atoms with Crippen molar-refractivity contribution >= 4 is 17.3 Å². The average Bonchev–Trinajstić information content (AvgIpc) is 2.87. The van der Waals surface area contributed by atoms with E-state index >= 15 is 0 Å². The van der Waals surface area contributed by atoms with Gasteiger partial charge in [0.1, 0.15) is 10.4 Å². The summed E-state index contributed by atoms with van der Waals surface area (Å²) in [6.07, 6.45) is -4.48. The SMILES string of the molecule is CC(C)(C(=O)O)c1csc(-c2ccccc2C(F)(F)F)n1. The Morgan fingerprint density at radius 2 is 1.86 bits per heavy atom. The predicted molar refractivity (Wildman–Crippen MR) is 73.2 cm³/mol. The van der Waals surface area contributed by atoms with E-state index in [0.29, 0.717) is 0 Å². The summed E-state index contributed by atoms with van der Waals surface area (Å²) in [6.45, 7) is 2.92. The van der Waals surface area contributed by atoms with Gasteiger partial charge in [-0.3, -0.25) is 4.79 Å². The molecule has 0 saturated heterocycles. The van der Waals surface area contributed by atoms with Gasteiger partial charge in [-0.05, 0) is 19.9 Å². The molecule has 2 rings (SSSR count). The molecule has 0 aliphatic carbocycles. The van der Waals surface area contributed by atoms with Crippen LogP contribution in [-0.4, -0.2) is 16.1 Å². The van der Waals surface area contributed by atoms with Gasteiger partial charge in [-0.15, -0.1) is 11.3 Å². The van der Waals surface area contributed by atoms with Crippen molar-refractivity contribution in [2.45, 2.75) is 25.4 Å². The normalized spacial score (nSPS) is 12.4. The van der Waals surface area contributed by atoms with Gasteiger partial charge in [-0.1, -0.05) is 18.2 Å². The zero-order valence-electron chi connectivity index (χ0n) is 11.2. The number of alkyl halides is 3. The van der Waals surface area contributed by atoms with Gasteiger partial charge in [0.05, 0.1) is 11.3 Å². The van der Waals surface area contributed by atoms with Crippen LogP contribution in [0.5, 0.6) is 0 Å². The van der Waals surface area contributed by atoms with Crippen molar-refractivity contribution in [3.05, 3.63) is 40.9 Å². The Hall–Kier alpha value is -1.89. The highest BCUT2D eigenvalue weighted by atomic mass is 32.1. The molecule has 112 valence electrons. The van der Waals surface area contributed by atoms with E-state index in [-0.39, 0.29) is 16.3 Å². The number of benzene rings is 1. The Kier molecular flexibility index (Phi) is 3.79. The fourth-order valence-corrected chi connectivity index (χ4v) is 2.74. The lowest BCUT2D eigenvalue weighted by Crippen LogP contribution is -2.28. The Morgan fingerprint density at radius 1 is 1.24 bits per heavy atom. The summed E-state index contributed by atoms with van der Waals surface area (Å²) in [5.41, 5.74) is -1.82. The lowest BCUT2D eigenvalue weighted by atomic mass is 9.90. The summed E-state index contributed by atoms with van der Waals surface area (Å²) in [4.78, 5) is 15.3. The van der Waals surface area contributed by atoms with E-state index in [1.54, 1.807) is 0 Å². The second kappa shape index (κ2) is 5.14. The van der Waals surface area contributed by atoms with Crippen LogP contribution in [0, 0.1) is 0 Å². The molecular formula is C14H12F3NO2S. The summed E-state index contributed by atoms with van der Waals surface area (Å²) in [6, 6.07) is 5.12. The molecule has 0 bridgehead atoms. The van der Waals surface area contributed by atoms with Crippen LogP contribution in [0.3, 0.4) is 0 Å². The zero-order chi connectivity index (χ0) is 15.8. The van der Waals surface area contributed by atoms with Crippen LogP contribution in [0.15, 0.2) is 29.6 Å². The molecule has 0 amide bonds.